The van der Waals surface area contributed by atoms with Gasteiger partial charge in [0.2, 0.25) is 5.91 Å². The summed E-state index contributed by atoms with van der Waals surface area (Å²) in [5, 5.41) is 3.32. The van der Waals surface area contributed by atoms with Crippen LogP contribution >= 0.6 is 12.4 Å². The van der Waals surface area contributed by atoms with Crippen molar-refractivity contribution in [1.29, 1.82) is 0 Å². The van der Waals surface area contributed by atoms with Gasteiger partial charge in [-0.1, -0.05) is 13.8 Å². The Morgan fingerprint density at radius 1 is 1.11 bits per heavy atom. The van der Waals surface area contributed by atoms with E-state index in [2.05, 4.69) is 31.0 Å². The zero-order valence-corrected chi connectivity index (χ0v) is 12.7. The van der Waals surface area contributed by atoms with Gasteiger partial charge in [0, 0.05) is 19.6 Å². The first-order valence-electron chi connectivity index (χ1n) is 6.93. The highest BCUT2D eigenvalue weighted by Crippen LogP contribution is 2.33. The Bertz CT molecular complexity index is 298. The molecule has 0 bridgehead atoms. The Balaban J connectivity index is 0.00000162. The Morgan fingerprint density at radius 3 is 2.44 bits per heavy atom. The lowest BCUT2D eigenvalue weighted by molar-refractivity contribution is -0.140. The lowest BCUT2D eigenvalue weighted by atomic mass is 9.85. The quantitative estimate of drug-likeness (QED) is 0.797. The van der Waals surface area contributed by atoms with E-state index in [9.17, 15) is 4.79 Å². The molecule has 0 aromatic rings. The van der Waals surface area contributed by atoms with Crippen molar-refractivity contribution in [3.05, 3.63) is 0 Å². The van der Waals surface area contributed by atoms with E-state index in [4.69, 9.17) is 0 Å². The summed E-state index contributed by atoms with van der Waals surface area (Å²) >= 11 is 0. The second-order valence-corrected chi connectivity index (χ2v) is 6.80. The van der Waals surface area contributed by atoms with E-state index < -0.39 is 0 Å². The van der Waals surface area contributed by atoms with Crippen molar-refractivity contribution in [2.24, 2.45) is 10.8 Å². The highest BCUT2D eigenvalue weighted by molar-refractivity contribution is 5.85. The van der Waals surface area contributed by atoms with Crippen LogP contribution in [0, 0.1) is 10.8 Å². The molecule has 2 fully saturated rings. The van der Waals surface area contributed by atoms with Crippen LogP contribution < -0.4 is 5.32 Å². The topological polar surface area (TPSA) is 32.3 Å². The Hall–Kier alpha value is -0.280. The molecule has 2 heterocycles. The van der Waals surface area contributed by atoms with E-state index in [0.29, 0.717) is 11.3 Å². The van der Waals surface area contributed by atoms with Crippen LogP contribution in [0.1, 0.15) is 46.5 Å². The first-order valence-corrected chi connectivity index (χ1v) is 6.93. The number of likely N-dealkylation sites (tertiary alicyclic amines) is 1. The Morgan fingerprint density at radius 2 is 1.83 bits per heavy atom. The molecule has 2 aliphatic rings. The molecule has 0 aromatic carbocycles. The van der Waals surface area contributed by atoms with Crippen LogP contribution in [0.4, 0.5) is 0 Å². The lowest BCUT2D eigenvalue weighted by Crippen LogP contribution is -2.44. The second kappa shape index (κ2) is 5.79. The smallest absolute Gasteiger partial charge is 0.229 e. The maximum absolute atomic E-state index is 12.6. The molecule has 1 N–H and O–H groups in total. The van der Waals surface area contributed by atoms with Gasteiger partial charge in [-0.15, -0.1) is 12.4 Å². The Kier molecular flexibility index (Phi) is 5.07. The molecule has 0 spiro atoms. The van der Waals surface area contributed by atoms with Gasteiger partial charge in [-0.3, -0.25) is 4.79 Å². The standard InChI is InChI=1S/C14H26N2O.ClH/c1-13(2)5-4-9-16(10-7-13)12(17)14(3)6-8-15-11-14;/h15H,4-11H2,1-3H3;1H. The molecule has 2 aliphatic heterocycles. The zero-order valence-electron chi connectivity index (χ0n) is 11.9. The summed E-state index contributed by atoms with van der Waals surface area (Å²) in [7, 11) is 0. The minimum Gasteiger partial charge on any atom is -0.342 e. The van der Waals surface area contributed by atoms with Crippen LogP contribution in [-0.2, 0) is 4.79 Å². The first kappa shape index (κ1) is 15.8. The van der Waals surface area contributed by atoms with E-state index >= 15 is 0 Å². The van der Waals surface area contributed by atoms with Gasteiger partial charge in [0.1, 0.15) is 0 Å². The van der Waals surface area contributed by atoms with Gasteiger partial charge >= 0.3 is 0 Å². The molecule has 18 heavy (non-hydrogen) atoms. The lowest BCUT2D eigenvalue weighted by Gasteiger charge is -2.31. The van der Waals surface area contributed by atoms with Crippen LogP contribution in [0.2, 0.25) is 0 Å². The van der Waals surface area contributed by atoms with E-state index in [-0.39, 0.29) is 17.8 Å². The molecule has 2 rings (SSSR count). The van der Waals surface area contributed by atoms with E-state index in [1.165, 1.54) is 6.42 Å². The molecule has 0 aromatic heterocycles. The van der Waals surface area contributed by atoms with Gasteiger partial charge in [0.25, 0.3) is 0 Å². The summed E-state index contributed by atoms with van der Waals surface area (Å²) in [5.74, 6) is 0.375. The first-order chi connectivity index (χ1) is 7.93. The predicted octanol–water partition coefficient (Wildman–Crippen LogP) is 2.45. The van der Waals surface area contributed by atoms with Crippen LogP contribution in [0.15, 0.2) is 0 Å². The number of amides is 1. The molecule has 1 amide bonds. The van der Waals surface area contributed by atoms with Crippen molar-refractivity contribution in [3.8, 4) is 0 Å². The maximum Gasteiger partial charge on any atom is 0.229 e. The van der Waals surface area contributed by atoms with Crippen molar-refractivity contribution >= 4 is 18.3 Å². The van der Waals surface area contributed by atoms with E-state index in [1.54, 1.807) is 0 Å². The third kappa shape index (κ3) is 3.39. The fourth-order valence-electron chi connectivity index (χ4n) is 3.01. The minimum atomic E-state index is -0.144. The average molecular weight is 275 g/mol. The fourth-order valence-corrected chi connectivity index (χ4v) is 3.01. The van der Waals surface area contributed by atoms with Gasteiger partial charge in [-0.2, -0.15) is 0 Å². The Labute approximate surface area is 117 Å². The van der Waals surface area contributed by atoms with Crippen LogP contribution in [-0.4, -0.2) is 37.0 Å². The van der Waals surface area contributed by atoms with Gasteiger partial charge in [-0.05, 0) is 44.6 Å². The highest BCUT2D eigenvalue weighted by atomic mass is 35.5. The number of halogens is 1. The largest absolute Gasteiger partial charge is 0.342 e. The summed E-state index contributed by atoms with van der Waals surface area (Å²) in [4.78, 5) is 14.7. The second-order valence-electron chi connectivity index (χ2n) is 6.80. The summed E-state index contributed by atoms with van der Waals surface area (Å²) in [5.41, 5.74) is 0.262. The number of carbonyl (C=O) groups is 1. The van der Waals surface area contributed by atoms with Crippen molar-refractivity contribution in [1.82, 2.24) is 10.2 Å². The van der Waals surface area contributed by atoms with Gasteiger partial charge in [0.15, 0.2) is 0 Å². The third-order valence-corrected chi connectivity index (χ3v) is 4.51. The van der Waals surface area contributed by atoms with E-state index in [1.807, 2.05) is 0 Å². The summed E-state index contributed by atoms with van der Waals surface area (Å²) < 4.78 is 0. The van der Waals surface area contributed by atoms with Crippen molar-refractivity contribution in [2.45, 2.75) is 46.5 Å². The average Bonchev–Trinajstić information content (AvgIpc) is 2.62. The predicted molar refractivity (Wildman–Crippen MR) is 77.1 cm³/mol. The number of rotatable bonds is 1. The minimum absolute atomic E-state index is 0. The summed E-state index contributed by atoms with van der Waals surface area (Å²) in [6.07, 6.45) is 4.53. The van der Waals surface area contributed by atoms with Crippen LogP contribution in [0.3, 0.4) is 0 Å². The van der Waals surface area contributed by atoms with Crippen molar-refractivity contribution < 1.29 is 4.79 Å². The molecule has 1 unspecified atom stereocenters. The summed E-state index contributed by atoms with van der Waals surface area (Å²) in [6, 6.07) is 0. The number of carbonyl (C=O) groups excluding carboxylic acids is 1. The maximum atomic E-state index is 12.6. The number of hydrogen-bond donors (Lipinski definition) is 1. The summed E-state index contributed by atoms with van der Waals surface area (Å²) in [6.45, 7) is 10.5. The number of nitrogens with one attached hydrogen (secondary N) is 1. The number of nitrogens with zero attached hydrogens (tertiary/aromatic N) is 1. The molecule has 1 atom stereocenters. The molecule has 0 aliphatic carbocycles. The molecule has 0 saturated carbocycles. The number of hydrogen-bond acceptors (Lipinski definition) is 2. The normalized spacial score (nSPS) is 31.6. The van der Waals surface area contributed by atoms with Gasteiger partial charge in [0.05, 0.1) is 5.41 Å². The van der Waals surface area contributed by atoms with Gasteiger partial charge in [-0.25, -0.2) is 0 Å². The molecule has 3 nitrogen and oxygen atoms in total. The van der Waals surface area contributed by atoms with Crippen LogP contribution in [0.25, 0.3) is 0 Å². The molecule has 2 saturated heterocycles. The van der Waals surface area contributed by atoms with Gasteiger partial charge < -0.3 is 10.2 Å². The fraction of sp³-hybridized carbons (Fsp3) is 0.929. The highest BCUT2D eigenvalue weighted by Gasteiger charge is 2.40. The molecule has 4 heteroatoms. The SMILES string of the molecule is CC1(C)CCCN(C(=O)C2(C)CCNC2)CC1.Cl. The zero-order chi connectivity index (χ0) is 12.5. The van der Waals surface area contributed by atoms with Crippen molar-refractivity contribution in [2.75, 3.05) is 26.2 Å². The van der Waals surface area contributed by atoms with Crippen molar-refractivity contribution in [3.63, 3.8) is 0 Å². The molecule has 0 radical (unpaired) electrons. The monoisotopic (exact) mass is 274 g/mol. The molecular formula is C14H27ClN2O. The van der Waals surface area contributed by atoms with Crippen LogP contribution in [0.5, 0.6) is 0 Å². The molecule has 106 valence electrons. The van der Waals surface area contributed by atoms with E-state index in [0.717, 1.165) is 45.4 Å². The molecular weight excluding hydrogens is 248 g/mol. The third-order valence-electron chi connectivity index (χ3n) is 4.51.